The maximum atomic E-state index is 5.88. The van der Waals surface area contributed by atoms with Crippen LogP contribution in [0.4, 0.5) is 0 Å². The molecule has 3 aromatic rings. The second-order valence-corrected chi connectivity index (χ2v) is 6.99. The highest BCUT2D eigenvalue weighted by Gasteiger charge is 2.07. The highest BCUT2D eigenvalue weighted by atomic mass is 16.5. The molecule has 0 aliphatic carbocycles. The van der Waals surface area contributed by atoms with E-state index >= 15 is 0 Å². The van der Waals surface area contributed by atoms with Crippen molar-refractivity contribution in [2.45, 2.75) is 26.9 Å². The first-order chi connectivity index (χ1) is 14.7. The number of aryl methyl sites for hydroxylation is 1. The molecule has 2 aromatic carbocycles. The molecule has 3 rings (SSSR count). The lowest BCUT2D eigenvalue weighted by Crippen LogP contribution is -2.36. The van der Waals surface area contributed by atoms with Gasteiger partial charge < -0.3 is 20.1 Å². The summed E-state index contributed by atoms with van der Waals surface area (Å²) in [7, 11) is 1.67. The first-order valence-electron chi connectivity index (χ1n) is 10.3. The lowest BCUT2D eigenvalue weighted by Gasteiger charge is -2.14. The minimum Gasteiger partial charge on any atom is -0.491 e. The molecule has 0 radical (unpaired) electrons. The minimum absolute atomic E-state index is 0.517. The third-order valence-electron chi connectivity index (χ3n) is 4.68. The molecule has 6 nitrogen and oxygen atoms in total. The zero-order chi connectivity index (χ0) is 21.2. The molecule has 0 amide bonds. The second-order valence-electron chi connectivity index (χ2n) is 6.99. The molecule has 30 heavy (non-hydrogen) atoms. The number of para-hydroxylation sites is 1. The van der Waals surface area contributed by atoms with Crippen LogP contribution in [0.2, 0.25) is 0 Å². The van der Waals surface area contributed by atoms with Crippen LogP contribution in [0.5, 0.6) is 5.75 Å². The van der Waals surface area contributed by atoms with Gasteiger partial charge in [0, 0.05) is 37.3 Å². The number of rotatable bonds is 9. The molecular formula is C24H30N4O2. The fraction of sp³-hybridized carbons (Fsp3) is 0.333. The largest absolute Gasteiger partial charge is 0.491 e. The molecule has 1 heterocycles. The lowest BCUT2D eigenvalue weighted by molar-refractivity contribution is 0.145. The van der Waals surface area contributed by atoms with Crippen LogP contribution in [0.3, 0.4) is 0 Å². The van der Waals surface area contributed by atoms with Gasteiger partial charge >= 0.3 is 0 Å². The van der Waals surface area contributed by atoms with Crippen LogP contribution in [-0.4, -0.2) is 37.8 Å². The molecule has 0 saturated heterocycles. The molecule has 6 heteroatoms. The van der Waals surface area contributed by atoms with Gasteiger partial charge in [0.05, 0.1) is 18.7 Å². The van der Waals surface area contributed by atoms with Crippen molar-refractivity contribution in [2.75, 3.05) is 26.9 Å². The number of nitrogens with zero attached hydrogens (tertiary/aromatic N) is 2. The number of hydrogen-bond donors (Lipinski definition) is 2. The molecule has 158 valence electrons. The Hall–Kier alpha value is -3.12. The topological polar surface area (TPSA) is 67.8 Å². The van der Waals surface area contributed by atoms with Crippen LogP contribution in [0.25, 0.3) is 10.9 Å². The van der Waals surface area contributed by atoms with Gasteiger partial charge in [-0.2, -0.15) is 0 Å². The van der Waals surface area contributed by atoms with Crippen molar-refractivity contribution in [3.8, 4) is 5.75 Å². The molecule has 0 fully saturated rings. The number of pyridine rings is 1. The van der Waals surface area contributed by atoms with E-state index in [1.807, 2.05) is 18.3 Å². The second kappa shape index (κ2) is 11.2. The first-order valence-corrected chi connectivity index (χ1v) is 10.3. The lowest BCUT2D eigenvalue weighted by atomic mass is 10.1. The van der Waals surface area contributed by atoms with Gasteiger partial charge in [-0.3, -0.25) is 4.98 Å². The predicted octanol–water partition coefficient (Wildman–Crippen LogP) is 3.82. The quantitative estimate of drug-likeness (QED) is 0.321. The van der Waals surface area contributed by atoms with Crippen LogP contribution in [0.15, 0.2) is 59.7 Å². The number of nitrogens with one attached hydrogen (secondary N) is 2. The SMILES string of the molecule is CCNC(=NCc1ccc(C)cc1OCCOC)NCc1cccc2cccnc12. The zero-order valence-corrected chi connectivity index (χ0v) is 17.9. The van der Waals surface area contributed by atoms with Crippen LogP contribution in [-0.2, 0) is 17.8 Å². The van der Waals surface area contributed by atoms with Crippen molar-refractivity contribution < 1.29 is 9.47 Å². The van der Waals surface area contributed by atoms with E-state index in [1.54, 1.807) is 7.11 Å². The number of aliphatic imine (C=N–C) groups is 1. The maximum absolute atomic E-state index is 5.88. The van der Waals surface area contributed by atoms with Crippen molar-refractivity contribution in [1.29, 1.82) is 0 Å². The fourth-order valence-electron chi connectivity index (χ4n) is 3.16. The average molecular weight is 407 g/mol. The molecular weight excluding hydrogens is 376 g/mol. The maximum Gasteiger partial charge on any atom is 0.191 e. The Balaban J connectivity index is 1.72. The third-order valence-corrected chi connectivity index (χ3v) is 4.68. The first kappa shape index (κ1) is 21.6. The number of fused-ring (bicyclic) bond motifs is 1. The van der Waals surface area contributed by atoms with Gasteiger partial charge in [0.2, 0.25) is 0 Å². The van der Waals surface area contributed by atoms with E-state index in [9.17, 15) is 0 Å². The Morgan fingerprint density at radius 2 is 1.90 bits per heavy atom. The van der Waals surface area contributed by atoms with Crippen molar-refractivity contribution in [3.63, 3.8) is 0 Å². The standard InChI is InChI=1S/C24H30N4O2/c1-4-25-24(28-17-21-8-5-7-19-9-6-12-26-23(19)21)27-16-20-11-10-18(2)15-22(20)30-14-13-29-3/h5-12,15H,4,13-14,16-17H2,1-3H3,(H2,25,27,28). The van der Waals surface area contributed by atoms with Crippen LogP contribution in [0, 0.1) is 6.92 Å². The van der Waals surface area contributed by atoms with Crippen molar-refractivity contribution in [1.82, 2.24) is 15.6 Å². The number of ether oxygens (including phenoxy) is 2. The van der Waals surface area contributed by atoms with Crippen molar-refractivity contribution in [3.05, 3.63) is 71.4 Å². The summed E-state index contributed by atoms with van der Waals surface area (Å²) in [4.78, 5) is 9.29. The van der Waals surface area contributed by atoms with Crippen LogP contribution < -0.4 is 15.4 Å². The Morgan fingerprint density at radius 1 is 1.03 bits per heavy atom. The van der Waals surface area contributed by atoms with E-state index < -0.39 is 0 Å². The number of benzene rings is 2. The Labute approximate surface area is 178 Å². The van der Waals surface area contributed by atoms with E-state index in [4.69, 9.17) is 14.5 Å². The highest BCUT2D eigenvalue weighted by Crippen LogP contribution is 2.21. The normalized spacial score (nSPS) is 11.5. The fourth-order valence-corrected chi connectivity index (χ4v) is 3.16. The summed E-state index contributed by atoms with van der Waals surface area (Å²) < 4.78 is 11.0. The summed E-state index contributed by atoms with van der Waals surface area (Å²) in [6.45, 7) is 7.13. The van der Waals surface area contributed by atoms with Gasteiger partial charge in [0.1, 0.15) is 12.4 Å². The Kier molecular flexibility index (Phi) is 8.03. The van der Waals surface area contributed by atoms with E-state index in [0.717, 1.165) is 45.8 Å². The van der Waals surface area contributed by atoms with Gasteiger partial charge in [-0.25, -0.2) is 4.99 Å². The van der Waals surface area contributed by atoms with Gasteiger partial charge in [0.15, 0.2) is 5.96 Å². The summed E-state index contributed by atoms with van der Waals surface area (Å²) in [6, 6.07) is 16.5. The van der Waals surface area contributed by atoms with Crippen LogP contribution in [0.1, 0.15) is 23.6 Å². The summed E-state index contributed by atoms with van der Waals surface area (Å²) >= 11 is 0. The van der Waals surface area contributed by atoms with E-state index in [1.165, 1.54) is 0 Å². The smallest absolute Gasteiger partial charge is 0.191 e. The monoisotopic (exact) mass is 406 g/mol. The minimum atomic E-state index is 0.517. The number of hydrogen-bond acceptors (Lipinski definition) is 4. The van der Waals surface area contributed by atoms with E-state index in [0.29, 0.717) is 26.3 Å². The third kappa shape index (κ3) is 5.94. The molecule has 0 atom stereocenters. The summed E-state index contributed by atoms with van der Waals surface area (Å²) in [6.07, 6.45) is 1.83. The summed E-state index contributed by atoms with van der Waals surface area (Å²) in [5.74, 6) is 1.61. The molecule has 0 unspecified atom stereocenters. The Morgan fingerprint density at radius 3 is 2.73 bits per heavy atom. The molecule has 2 N–H and O–H groups in total. The van der Waals surface area contributed by atoms with Crippen molar-refractivity contribution >= 4 is 16.9 Å². The molecule has 0 bridgehead atoms. The van der Waals surface area contributed by atoms with Gasteiger partial charge in [-0.05, 0) is 37.1 Å². The Bertz CT molecular complexity index is 983. The number of aromatic nitrogens is 1. The van der Waals surface area contributed by atoms with Crippen LogP contribution >= 0.6 is 0 Å². The molecule has 0 aliphatic heterocycles. The summed E-state index contributed by atoms with van der Waals surface area (Å²) in [5.41, 5.74) is 4.35. The molecule has 0 saturated carbocycles. The highest BCUT2D eigenvalue weighted by molar-refractivity contribution is 5.83. The molecule has 0 aliphatic rings. The molecule has 1 aromatic heterocycles. The van der Waals surface area contributed by atoms with E-state index in [-0.39, 0.29) is 0 Å². The van der Waals surface area contributed by atoms with Gasteiger partial charge in [0.25, 0.3) is 0 Å². The van der Waals surface area contributed by atoms with Gasteiger partial charge in [-0.1, -0.05) is 36.4 Å². The molecule has 0 spiro atoms. The predicted molar refractivity (Wildman–Crippen MR) is 122 cm³/mol. The summed E-state index contributed by atoms with van der Waals surface area (Å²) in [5, 5.41) is 7.87. The number of guanidine groups is 1. The van der Waals surface area contributed by atoms with E-state index in [2.05, 4.69) is 65.9 Å². The zero-order valence-electron chi connectivity index (χ0n) is 17.9. The van der Waals surface area contributed by atoms with Crippen molar-refractivity contribution in [2.24, 2.45) is 4.99 Å². The average Bonchev–Trinajstić information content (AvgIpc) is 2.77. The number of methoxy groups -OCH3 is 1. The van der Waals surface area contributed by atoms with Gasteiger partial charge in [-0.15, -0.1) is 0 Å².